The van der Waals surface area contributed by atoms with Crippen LogP contribution in [0, 0.1) is 11.2 Å². The molecular formula is C20H22FNO3. The molecule has 0 aliphatic rings. The Bertz CT molecular complexity index is 766. The lowest BCUT2D eigenvalue weighted by Gasteiger charge is -2.24. The van der Waals surface area contributed by atoms with Crippen molar-refractivity contribution in [1.82, 2.24) is 0 Å². The minimum absolute atomic E-state index is 0.0639. The van der Waals surface area contributed by atoms with Gasteiger partial charge in [0.25, 0.3) is 0 Å². The summed E-state index contributed by atoms with van der Waals surface area (Å²) in [6.45, 7) is 5.14. The molecule has 25 heavy (non-hydrogen) atoms. The molecule has 132 valence electrons. The lowest BCUT2D eigenvalue weighted by molar-refractivity contribution is -0.134. The van der Waals surface area contributed by atoms with Gasteiger partial charge in [0.05, 0.1) is 0 Å². The highest BCUT2D eigenvalue weighted by Crippen LogP contribution is 2.27. The van der Waals surface area contributed by atoms with Gasteiger partial charge in [-0.15, -0.1) is 0 Å². The second-order valence-corrected chi connectivity index (χ2v) is 6.89. The summed E-state index contributed by atoms with van der Waals surface area (Å²) in [7, 11) is 0. The monoisotopic (exact) mass is 343 g/mol. The average Bonchev–Trinajstić information content (AvgIpc) is 2.55. The SMILES string of the molecule is CC(C)(C)C(=O)C(Cc1cccc(-c2ccccc2)c1F)OC(N)=O. The first kappa shape index (κ1) is 18.6. The molecule has 0 saturated carbocycles. The first-order valence-electron chi connectivity index (χ1n) is 8.03. The predicted molar refractivity (Wildman–Crippen MR) is 94.5 cm³/mol. The van der Waals surface area contributed by atoms with Crippen molar-refractivity contribution in [2.24, 2.45) is 11.1 Å². The highest BCUT2D eigenvalue weighted by molar-refractivity contribution is 5.89. The van der Waals surface area contributed by atoms with Crippen molar-refractivity contribution in [2.75, 3.05) is 0 Å². The Morgan fingerprint density at radius 3 is 2.28 bits per heavy atom. The average molecular weight is 343 g/mol. The third-order valence-electron chi connectivity index (χ3n) is 3.86. The number of halogens is 1. The van der Waals surface area contributed by atoms with Crippen LogP contribution in [0.1, 0.15) is 26.3 Å². The standard InChI is InChI=1S/C20H22FNO3/c1-20(2,3)18(23)16(25-19(22)24)12-14-10-7-11-15(17(14)21)13-8-5-4-6-9-13/h4-11,16H,12H2,1-3H3,(H2,22,24). The Hall–Kier alpha value is -2.69. The molecule has 1 unspecified atom stereocenters. The summed E-state index contributed by atoms with van der Waals surface area (Å²) in [5, 5.41) is 0. The fourth-order valence-corrected chi connectivity index (χ4v) is 2.59. The van der Waals surface area contributed by atoms with Crippen LogP contribution < -0.4 is 5.73 Å². The number of ether oxygens (including phenoxy) is 1. The summed E-state index contributed by atoms with van der Waals surface area (Å²) in [6, 6.07) is 14.1. The summed E-state index contributed by atoms with van der Waals surface area (Å²) in [5.41, 5.74) is 5.80. The predicted octanol–water partition coefficient (Wildman–Crippen LogP) is 4.11. The number of rotatable bonds is 5. The van der Waals surface area contributed by atoms with Gasteiger partial charge in [-0.05, 0) is 11.1 Å². The first-order valence-corrected chi connectivity index (χ1v) is 8.03. The van der Waals surface area contributed by atoms with E-state index in [1.165, 1.54) is 0 Å². The van der Waals surface area contributed by atoms with Crippen LogP contribution in [0.2, 0.25) is 0 Å². The lowest BCUT2D eigenvalue weighted by Crippen LogP contribution is -2.39. The molecule has 2 aromatic carbocycles. The maximum atomic E-state index is 14.9. The number of ketones is 1. The fourth-order valence-electron chi connectivity index (χ4n) is 2.59. The van der Waals surface area contributed by atoms with E-state index in [-0.39, 0.29) is 12.2 Å². The topological polar surface area (TPSA) is 69.4 Å². The van der Waals surface area contributed by atoms with Gasteiger partial charge >= 0.3 is 6.09 Å². The van der Waals surface area contributed by atoms with Crippen molar-refractivity contribution >= 4 is 11.9 Å². The third-order valence-corrected chi connectivity index (χ3v) is 3.86. The van der Waals surface area contributed by atoms with Gasteiger partial charge < -0.3 is 10.5 Å². The molecule has 2 N–H and O–H groups in total. The van der Waals surface area contributed by atoms with Crippen LogP contribution in [0.3, 0.4) is 0 Å². The molecule has 1 atom stereocenters. The summed E-state index contributed by atoms with van der Waals surface area (Å²) in [5.74, 6) is -0.746. The molecule has 0 saturated heterocycles. The Kier molecular flexibility index (Phi) is 5.57. The van der Waals surface area contributed by atoms with Crippen LogP contribution in [0.15, 0.2) is 48.5 Å². The van der Waals surface area contributed by atoms with Gasteiger partial charge in [0.1, 0.15) is 5.82 Å². The van der Waals surface area contributed by atoms with Gasteiger partial charge in [-0.1, -0.05) is 69.3 Å². The molecule has 0 spiro atoms. The molecular weight excluding hydrogens is 321 g/mol. The van der Waals surface area contributed by atoms with Crippen molar-refractivity contribution in [1.29, 1.82) is 0 Å². The maximum Gasteiger partial charge on any atom is 0.405 e. The highest BCUT2D eigenvalue weighted by Gasteiger charge is 2.33. The van der Waals surface area contributed by atoms with E-state index in [9.17, 15) is 14.0 Å². The van der Waals surface area contributed by atoms with Gasteiger partial charge in [0.15, 0.2) is 11.9 Å². The molecule has 1 amide bonds. The van der Waals surface area contributed by atoms with E-state index in [2.05, 4.69) is 0 Å². The first-order chi connectivity index (χ1) is 11.7. The highest BCUT2D eigenvalue weighted by atomic mass is 19.1. The number of nitrogens with two attached hydrogens (primary N) is 1. The molecule has 0 aliphatic carbocycles. The second kappa shape index (κ2) is 7.47. The van der Waals surface area contributed by atoms with Crippen molar-refractivity contribution in [3.8, 4) is 11.1 Å². The number of benzene rings is 2. The molecule has 0 heterocycles. The smallest absolute Gasteiger partial charge is 0.405 e. The molecule has 0 radical (unpaired) electrons. The molecule has 0 bridgehead atoms. The lowest BCUT2D eigenvalue weighted by atomic mass is 9.85. The van der Waals surface area contributed by atoms with E-state index in [1.54, 1.807) is 51.1 Å². The number of hydrogen-bond donors (Lipinski definition) is 1. The van der Waals surface area contributed by atoms with Crippen molar-refractivity contribution < 1.29 is 18.7 Å². The van der Waals surface area contributed by atoms with Gasteiger partial charge in [0.2, 0.25) is 0 Å². The maximum absolute atomic E-state index is 14.9. The molecule has 0 aromatic heterocycles. The van der Waals surface area contributed by atoms with E-state index < -0.39 is 23.4 Å². The van der Waals surface area contributed by atoms with Crippen molar-refractivity contribution in [3.05, 3.63) is 59.9 Å². The molecule has 5 heteroatoms. The van der Waals surface area contributed by atoms with E-state index in [0.29, 0.717) is 11.1 Å². The summed E-state index contributed by atoms with van der Waals surface area (Å²) in [4.78, 5) is 23.7. The van der Waals surface area contributed by atoms with Gasteiger partial charge in [-0.3, -0.25) is 4.79 Å². The van der Waals surface area contributed by atoms with Crippen molar-refractivity contribution in [3.63, 3.8) is 0 Å². The number of Topliss-reactive ketones (excluding diaryl/α,β-unsaturated/α-hetero) is 1. The normalized spacial score (nSPS) is 12.5. The zero-order chi connectivity index (χ0) is 18.6. The fraction of sp³-hybridized carbons (Fsp3) is 0.300. The Labute approximate surface area is 146 Å². The minimum atomic E-state index is -1.13. The van der Waals surface area contributed by atoms with Crippen LogP contribution in [-0.2, 0) is 16.0 Å². The molecule has 4 nitrogen and oxygen atoms in total. The van der Waals surface area contributed by atoms with Crippen LogP contribution in [-0.4, -0.2) is 18.0 Å². The summed E-state index contributed by atoms with van der Waals surface area (Å²) in [6.07, 6.45) is -2.24. The Balaban J connectivity index is 2.37. The van der Waals surface area contributed by atoms with E-state index in [4.69, 9.17) is 10.5 Å². The number of amides is 1. The quantitative estimate of drug-likeness (QED) is 0.888. The van der Waals surface area contributed by atoms with Gasteiger partial charge in [-0.2, -0.15) is 0 Å². The summed E-state index contributed by atoms with van der Waals surface area (Å²) >= 11 is 0. The summed E-state index contributed by atoms with van der Waals surface area (Å²) < 4.78 is 19.9. The molecule has 0 fully saturated rings. The Morgan fingerprint density at radius 2 is 1.72 bits per heavy atom. The number of carbonyl (C=O) groups excluding carboxylic acids is 2. The number of primary amides is 1. The van der Waals surface area contributed by atoms with Crippen LogP contribution in [0.25, 0.3) is 11.1 Å². The minimum Gasteiger partial charge on any atom is -0.438 e. The van der Waals surface area contributed by atoms with Crippen LogP contribution in [0.4, 0.5) is 9.18 Å². The number of hydrogen-bond acceptors (Lipinski definition) is 3. The van der Waals surface area contributed by atoms with Gasteiger partial charge in [-0.25, -0.2) is 9.18 Å². The number of carbonyl (C=O) groups is 2. The third kappa shape index (κ3) is 4.66. The largest absolute Gasteiger partial charge is 0.438 e. The van der Waals surface area contributed by atoms with E-state index >= 15 is 0 Å². The van der Waals surface area contributed by atoms with Crippen LogP contribution >= 0.6 is 0 Å². The van der Waals surface area contributed by atoms with E-state index in [0.717, 1.165) is 5.56 Å². The van der Waals surface area contributed by atoms with Crippen LogP contribution in [0.5, 0.6) is 0 Å². The molecule has 0 aliphatic heterocycles. The zero-order valence-corrected chi connectivity index (χ0v) is 14.6. The Morgan fingerprint density at radius 1 is 1.08 bits per heavy atom. The molecule has 2 rings (SSSR count). The van der Waals surface area contributed by atoms with Crippen molar-refractivity contribution in [2.45, 2.75) is 33.3 Å². The zero-order valence-electron chi connectivity index (χ0n) is 14.6. The molecule has 2 aromatic rings. The van der Waals surface area contributed by atoms with E-state index in [1.807, 2.05) is 18.2 Å². The van der Waals surface area contributed by atoms with Gasteiger partial charge in [0, 0.05) is 17.4 Å². The second-order valence-electron chi connectivity index (χ2n) is 6.89.